The Labute approximate surface area is 142 Å². The molecule has 0 aliphatic heterocycles. The Balaban J connectivity index is 1.98. The van der Waals surface area contributed by atoms with Crippen LogP contribution >= 0.6 is 0 Å². The van der Waals surface area contributed by atoms with Crippen molar-refractivity contribution in [3.8, 4) is 11.8 Å². The maximum atomic E-state index is 12.8. The van der Waals surface area contributed by atoms with Gasteiger partial charge in [0.1, 0.15) is 5.82 Å². The Morgan fingerprint density at radius 3 is 2.42 bits per heavy atom. The first-order chi connectivity index (χ1) is 11.4. The molecule has 4 nitrogen and oxygen atoms in total. The van der Waals surface area contributed by atoms with Gasteiger partial charge in [0.15, 0.2) is 0 Å². The van der Waals surface area contributed by atoms with Gasteiger partial charge in [-0.25, -0.2) is 17.5 Å². The molecule has 6 heteroatoms. The minimum atomic E-state index is -3.51. The van der Waals surface area contributed by atoms with Crippen LogP contribution in [0.15, 0.2) is 48.5 Å². The number of nitrogens with one attached hydrogen (secondary N) is 1. The summed E-state index contributed by atoms with van der Waals surface area (Å²) in [5, 5.41) is 0. The lowest BCUT2D eigenvalue weighted by atomic mass is 10.1. The summed E-state index contributed by atoms with van der Waals surface area (Å²) in [6.45, 7) is 0.0191. The Bertz CT molecular complexity index is 851. The Morgan fingerprint density at radius 1 is 1.08 bits per heavy atom. The van der Waals surface area contributed by atoms with E-state index in [0.29, 0.717) is 5.56 Å². The first-order valence-electron chi connectivity index (χ1n) is 7.34. The quantitative estimate of drug-likeness (QED) is 0.846. The van der Waals surface area contributed by atoms with Crippen LogP contribution in [0, 0.1) is 17.7 Å². The van der Waals surface area contributed by atoms with Gasteiger partial charge in [0, 0.05) is 19.7 Å². The molecular formula is C18H19FN2O2S. The fourth-order valence-corrected chi connectivity index (χ4v) is 3.13. The number of anilines is 1. The number of halogens is 1. The first kappa shape index (κ1) is 18.0. The number of sulfonamides is 1. The van der Waals surface area contributed by atoms with Crippen molar-refractivity contribution in [1.82, 2.24) is 4.72 Å². The molecule has 24 heavy (non-hydrogen) atoms. The Kier molecular flexibility index (Phi) is 5.96. The smallest absolute Gasteiger partial charge is 0.216 e. The van der Waals surface area contributed by atoms with Crippen molar-refractivity contribution in [3.63, 3.8) is 0 Å². The fourth-order valence-electron chi connectivity index (χ4n) is 2.11. The van der Waals surface area contributed by atoms with E-state index in [1.165, 1.54) is 24.3 Å². The SMILES string of the molecule is CN(C)c1ccccc1C#CCNS(=O)(=O)Cc1ccc(F)cc1. The van der Waals surface area contributed by atoms with Crippen LogP contribution in [-0.4, -0.2) is 29.1 Å². The lowest BCUT2D eigenvalue weighted by Gasteiger charge is -2.13. The number of nitrogens with zero attached hydrogens (tertiary/aromatic N) is 1. The van der Waals surface area contributed by atoms with Crippen LogP contribution < -0.4 is 9.62 Å². The highest BCUT2D eigenvalue weighted by atomic mass is 32.2. The zero-order valence-electron chi connectivity index (χ0n) is 13.6. The number of hydrogen-bond acceptors (Lipinski definition) is 3. The summed E-state index contributed by atoms with van der Waals surface area (Å²) in [5.41, 5.74) is 2.33. The number of para-hydroxylation sites is 1. The van der Waals surface area contributed by atoms with Crippen LogP contribution in [0.25, 0.3) is 0 Å². The van der Waals surface area contributed by atoms with E-state index in [1.54, 1.807) is 0 Å². The van der Waals surface area contributed by atoms with Gasteiger partial charge in [-0.3, -0.25) is 0 Å². The molecule has 0 aromatic heterocycles. The van der Waals surface area contributed by atoms with Gasteiger partial charge in [-0.05, 0) is 29.8 Å². The van der Waals surface area contributed by atoms with Crippen LogP contribution in [0.3, 0.4) is 0 Å². The molecule has 126 valence electrons. The van der Waals surface area contributed by atoms with E-state index in [2.05, 4.69) is 16.6 Å². The van der Waals surface area contributed by atoms with Crippen LogP contribution in [-0.2, 0) is 15.8 Å². The average molecular weight is 346 g/mol. The summed E-state index contributed by atoms with van der Waals surface area (Å²) >= 11 is 0. The van der Waals surface area contributed by atoms with E-state index in [1.807, 2.05) is 43.3 Å². The summed E-state index contributed by atoms with van der Waals surface area (Å²) in [4.78, 5) is 1.95. The molecule has 0 bridgehead atoms. The molecule has 0 saturated heterocycles. The third kappa shape index (κ3) is 5.37. The lowest BCUT2D eigenvalue weighted by molar-refractivity contribution is 0.585. The molecule has 0 fully saturated rings. The largest absolute Gasteiger partial charge is 0.377 e. The van der Waals surface area contributed by atoms with Crippen molar-refractivity contribution in [2.45, 2.75) is 5.75 Å². The van der Waals surface area contributed by atoms with Gasteiger partial charge in [0.2, 0.25) is 10.0 Å². The van der Waals surface area contributed by atoms with Gasteiger partial charge in [0.05, 0.1) is 18.0 Å². The van der Waals surface area contributed by atoms with E-state index < -0.39 is 15.8 Å². The standard InChI is InChI=1S/C18H19FN2O2S/c1-21(2)18-8-4-3-6-16(18)7-5-13-20-24(22,23)14-15-9-11-17(19)12-10-15/h3-4,6,8-12,20H,13-14H2,1-2H3. The molecule has 0 aliphatic carbocycles. The average Bonchev–Trinajstić information content (AvgIpc) is 2.54. The summed E-state index contributed by atoms with van der Waals surface area (Å²) in [5.74, 6) is 5.19. The third-order valence-electron chi connectivity index (χ3n) is 3.26. The van der Waals surface area contributed by atoms with Crippen molar-refractivity contribution in [2.24, 2.45) is 0 Å². The van der Waals surface area contributed by atoms with Gasteiger partial charge in [-0.15, -0.1) is 0 Å². The molecule has 0 radical (unpaired) electrons. The van der Waals surface area contributed by atoms with Crippen LogP contribution in [0.2, 0.25) is 0 Å². The maximum Gasteiger partial charge on any atom is 0.216 e. The van der Waals surface area contributed by atoms with E-state index >= 15 is 0 Å². The molecule has 0 amide bonds. The maximum absolute atomic E-state index is 12.8. The second kappa shape index (κ2) is 7.95. The monoisotopic (exact) mass is 346 g/mol. The zero-order chi connectivity index (χ0) is 17.6. The van der Waals surface area contributed by atoms with E-state index in [-0.39, 0.29) is 12.3 Å². The van der Waals surface area contributed by atoms with Gasteiger partial charge in [0.25, 0.3) is 0 Å². The molecule has 0 atom stereocenters. The summed E-state index contributed by atoms with van der Waals surface area (Å²) in [6, 6.07) is 13.0. The van der Waals surface area contributed by atoms with Crippen LogP contribution in [0.5, 0.6) is 0 Å². The minimum absolute atomic E-state index is 0.0191. The number of benzene rings is 2. The molecule has 2 aromatic carbocycles. The molecule has 2 aromatic rings. The molecule has 2 rings (SSSR count). The summed E-state index contributed by atoms with van der Waals surface area (Å²) in [7, 11) is 0.331. The molecule has 0 aliphatic rings. The molecule has 0 unspecified atom stereocenters. The van der Waals surface area contributed by atoms with Crippen LogP contribution in [0.1, 0.15) is 11.1 Å². The van der Waals surface area contributed by atoms with Crippen molar-refractivity contribution in [3.05, 3.63) is 65.5 Å². The zero-order valence-corrected chi connectivity index (χ0v) is 14.4. The van der Waals surface area contributed by atoms with Crippen molar-refractivity contribution in [2.75, 3.05) is 25.5 Å². The first-order valence-corrected chi connectivity index (χ1v) is 8.99. The molecule has 0 heterocycles. The second-order valence-corrected chi connectivity index (χ2v) is 7.23. The van der Waals surface area contributed by atoms with Crippen molar-refractivity contribution in [1.29, 1.82) is 0 Å². The topological polar surface area (TPSA) is 49.4 Å². The third-order valence-corrected chi connectivity index (χ3v) is 4.56. The second-order valence-electron chi connectivity index (χ2n) is 5.42. The van der Waals surface area contributed by atoms with E-state index in [0.717, 1.165) is 11.3 Å². The van der Waals surface area contributed by atoms with E-state index in [4.69, 9.17) is 0 Å². The predicted octanol–water partition coefficient (Wildman–Crippen LogP) is 2.36. The highest BCUT2D eigenvalue weighted by Crippen LogP contribution is 2.16. The summed E-state index contributed by atoms with van der Waals surface area (Å²) in [6.07, 6.45) is 0. The highest BCUT2D eigenvalue weighted by molar-refractivity contribution is 7.88. The molecular weight excluding hydrogens is 327 g/mol. The Morgan fingerprint density at radius 2 is 1.75 bits per heavy atom. The Hall–Kier alpha value is -2.36. The predicted molar refractivity (Wildman–Crippen MR) is 94.7 cm³/mol. The van der Waals surface area contributed by atoms with Gasteiger partial charge in [-0.1, -0.05) is 36.1 Å². The molecule has 0 saturated carbocycles. The number of rotatable bonds is 5. The van der Waals surface area contributed by atoms with Crippen LogP contribution in [0.4, 0.5) is 10.1 Å². The highest BCUT2D eigenvalue weighted by Gasteiger charge is 2.10. The summed E-state index contributed by atoms with van der Waals surface area (Å²) < 4.78 is 39.2. The molecule has 1 N–H and O–H groups in total. The van der Waals surface area contributed by atoms with Gasteiger partial charge in [-0.2, -0.15) is 0 Å². The van der Waals surface area contributed by atoms with Crippen molar-refractivity contribution >= 4 is 15.7 Å². The van der Waals surface area contributed by atoms with Gasteiger partial charge >= 0.3 is 0 Å². The minimum Gasteiger partial charge on any atom is -0.377 e. The fraction of sp³-hybridized carbons (Fsp3) is 0.222. The van der Waals surface area contributed by atoms with Crippen molar-refractivity contribution < 1.29 is 12.8 Å². The number of hydrogen-bond donors (Lipinski definition) is 1. The normalized spacial score (nSPS) is 10.8. The molecule has 0 spiro atoms. The van der Waals surface area contributed by atoms with E-state index in [9.17, 15) is 12.8 Å². The van der Waals surface area contributed by atoms with Gasteiger partial charge < -0.3 is 4.90 Å². The lowest BCUT2D eigenvalue weighted by Crippen LogP contribution is -2.25.